The molecule has 0 radical (unpaired) electrons. The van der Waals surface area contributed by atoms with Crippen molar-refractivity contribution >= 4 is 22.3 Å². The van der Waals surface area contributed by atoms with Gasteiger partial charge in [0.05, 0.1) is 11.2 Å². The molecule has 1 saturated heterocycles. The molecular weight excluding hydrogens is 236 g/mol. The molecule has 1 aliphatic rings. The molecule has 0 amide bonds. The van der Waals surface area contributed by atoms with E-state index in [1.54, 1.807) is 0 Å². The maximum absolute atomic E-state index is 5.99. The first kappa shape index (κ1) is 12.2. The van der Waals surface area contributed by atoms with Crippen molar-refractivity contribution in [3.8, 4) is 0 Å². The van der Waals surface area contributed by atoms with Crippen molar-refractivity contribution < 1.29 is 0 Å². The van der Waals surface area contributed by atoms with Gasteiger partial charge in [0.2, 0.25) is 0 Å². The van der Waals surface area contributed by atoms with Gasteiger partial charge in [0.15, 0.2) is 0 Å². The SMILES string of the molecule is CN1CCCC1CNc1ccc(N)c2cccnc12. The lowest BCUT2D eigenvalue weighted by molar-refractivity contribution is 0.322. The first-order chi connectivity index (χ1) is 9.25. The van der Waals surface area contributed by atoms with E-state index in [0.717, 1.165) is 28.8 Å². The van der Waals surface area contributed by atoms with E-state index in [2.05, 4.69) is 22.2 Å². The van der Waals surface area contributed by atoms with Crippen LogP contribution in [0.1, 0.15) is 12.8 Å². The molecule has 100 valence electrons. The number of nitrogens with zero attached hydrogens (tertiary/aromatic N) is 2. The summed E-state index contributed by atoms with van der Waals surface area (Å²) < 4.78 is 0. The summed E-state index contributed by atoms with van der Waals surface area (Å²) in [4.78, 5) is 6.87. The van der Waals surface area contributed by atoms with Crippen molar-refractivity contribution in [1.82, 2.24) is 9.88 Å². The Kier molecular flexibility index (Phi) is 3.25. The zero-order chi connectivity index (χ0) is 13.2. The lowest BCUT2D eigenvalue weighted by atomic mass is 10.1. The number of fused-ring (bicyclic) bond motifs is 1. The van der Waals surface area contributed by atoms with E-state index in [9.17, 15) is 0 Å². The Morgan fingerprint density at radius 2 is 2.32 bits per heavy atom. The monoisotopic (exact) mass is 256 g/mol. The quantitative estimate of drug-likeness (QED) is 0.828. The van der Waals surface area contributed by atoms with Crippen LogP contribution in [0.3, 0.4) is 0 Å². The molecule has 3 N–H and O–H groups in total. The van der Waals surface area contributed by atoms with Crippen LogP contribution < -0.4 is 11.1 Å². The fraction of sp³-hybridized carbons (Fsp3) is 0.400. The van der Waals surface area contributed by atoms with Crippen molar-refractivity contribution in [1.29, 1.82) is 0 Å². The van der Waals surface area contributed by atoms with E-state index in [4.69, 9.17) is 5.73 Å². The van der Waals surface area contributed by atoms with Crippen LogP contribution in [-0.2, 0) is 0 Å². The molecule has 0 saturated carbocycles. The number of nitrogen functional groups attached to an aromatic ring is 1. The third-order valence-electron chi connectivity index (χ3n) is 4.00. The highest BCUT2D eigenvalue weighted by molar-refractivity contribution is 5.98. The molecular formula is C15H20N4. The van der Waals surface area contributed by atoms with Crippen LogP contribution in [0.2, 0.25) is 0 Å². The van der Waals surface area contributed by atoms with Gasteiger partial charge >= 0.3 is 0 Å². The molecule has 1 atom stereocenters. The number of rotatable bonds is 3. The van der Waals surface area contributed by atoms with Crippen LogP contribution in [0.4, 0.5) is 11.4 Å². The minimum atomic E-state index is 0.622. The van der Waals surface area contributed by atoms with E-state index >= 15 is 0 Å². The first-order valence-corrected chi connectivity index (χ1v) is 6.83. The van der Waals surface area contributed by atoms with Crippen LogP contribution >= 0.6 is 0 Å². The average molecular weight is 256 g/mol. The van der Waals surface area contributed by atoms with Crippen LogP contribution in [0.15, 0.2) is 30.5 Å². The summed E-state index contributed by atoms with van der Waals surface area (Å²) in [7, 11) is 2.19. The number of nitrogens with one attached hydrogen (secondary N) is 1. The molecule has 0 spiro atoms. The van der Waals surface area contributed by atoms with Gasteiger partial charge in [-0.05, 0) is 50.7 Å². The fourth-order valence-electron chi connectivity index (χ4n) is 2.80. The summed E-state index contributed by atoms with van der Waals surface area (Å²) in [6, 6.07) is 8.54. The molecule has 2 aromatic rings. The largest absolute Gasteiger partial charge is 0.398 e. The third kappa shape index (κ3) is 2.36. The van der Waals surface area contributed by atoms with Gasteiger partial charge in [-0.2, -0.15) is 0 Å². The van der Waals surface area contributed by atoms with Gasteiger partial charge in [0, 0.05) is 29.9 Å². The number of aromatic nitrogens is 1. The summed E-state index contributed by atoms with van der Waals surface area (Å²) in [5.74, 6) is 0. The van der Waals surface area contributed by atoms with Gasteiger partial charge in [-0.25, -0.2) is 0 Å². The summed E-state index contributed by atoms with van der Waals surface area (Å²) in [5.41, 5.74) is 8.81. The molecule has 1 aromatic heterocycles. The van der Waals surface area contributed by atoms with Crippen molar-refractivity contribution in [2.75, 3.05) is 31.2 Å². The van der Waals surface area contributed by atoms with Crippen LogP contribution in [0.5, 0.6) is 0 Å². The molecule has 1 fully saturated rings. The van der Waals surface area contributed by atoms with Crippen molar-refractivity contribution in [3.05, 3.63) is 30.5 Å². The van der Waals surface area contributed by atoms with Crippen molar-refractivity contribution in [2.24, 2.45) is 0 Å². The Morgan fingerprint density at radius 1 is 1.42 bits per heavy atom. The van der Waals surface area contributed by atoms with Crippen LogP contribution in [0.25, 0.3) is 10.9 Å². The highest BCUT2D eigenvalue weighted by atomic mass is 15.2. The Balaban J connectivity index is 1.83. The number of likely N-dealkylation sites (tertiary alicyclic amines) is 1. The molecule has 0 bridgehead atoms. The highest BCUT2D eigenvalue weighted by Crippen LogP contribution is 2.26. The van der Waals surface area contributed by atoms with Crippen molar-refractivity contribution in [3.63, 3.8) is 0 Å². The second-order valence-electron chi connectivity index (χ2n) is 5.26. The van der Waals surface area contributed by atoms with Crippen LogP contribution in [0, 0.1) is 0 Å². The molecule has 4 nitrogen and oxygen atoms in total. The van der Waals surface area contributed by atoms with Crippen LogP contribution in [-0.4, -0.2) is 36.1 Å². The Hall–Kier alpha value is -1.81. The predicted molar refractivity (Wildman–Crippen MR) is 80.3 cm³/mol. The first-order valence-electron chi connectivity index (χ1n) is 6.83. The Morgan fingerprint density at radius 3 is 3.11 bits per heavy atom. The highest BCUT2D eigenvalue weighted by Gasteiger charge is 2.20. The Labute approximate surface area is 113 Å². The second kappa shape index (κ2) is 5.05. The number of likely N-dealkylation sites (N-methyl/N-ethyl adjacent to an activating group) is 1. The van der Waals surface area contributed by atoms with E-state index in [1.165, 1.54) is 19.4 Å². The lowest BCUT2D eigenvalue weighted by Gasteiger charge is -2.20. The molecule has 3 rings (SSSR count). The van der Waals surface area contributed by atoms with Gasteiger partial charge in [-0.15, -0.1) is 0 Å². The van der Waals surface area contributed by atoms with E-state index in [-0.39, 0.29) is 0 Å². The topological polar surface area (TPSA) is 54.2 Å². The third-order valence-corrected chi connectivity index (χ3v) is 4.00. The molecule has 4 heteroatoms. The standard InChI is InChI=1S/C15H20N4/c1-19-9-3-4-11(19)10-18-14-7-6-13(16)12-5-2-8-17-15(12)14/h2,5-8,11,18H,3-4,9-10,16H2,1H3. The maximum Gasteiger partial charge on any atom is 0.0953 e. The maximum atomic E-state index is 5.99. The Bertz CT molecular complexity index is 581. The molecule has 1 aromatic carbocycles. The summed E-state index contributed by atoms with van der Waals surface area (Å²) >= 11 is 0. The number of anilines is 2. The van der Waals surface area contributed by atoms with E-state index in [0.29, 0.717) is 6.04 Å². The van der Waals surface area contributed by atoms with Gasteiger partial charge in [0.25, 0.3) is 0 Å². The number of hydrogen-bond donors (Lipinski definition) is 2. The molecule has 1 aliphatic heterocycles. The minimum Gasteiger partial charge on any atom is -0.398 e. The molecule has 1 unspecified atom stereocenters. The lowest BCUT2D eigenvalue weighted by Crippen LogP contribution is -2.31. The van der Waals surface area contributed by atoms with E-state index in [1.807, 2.05) is 30.5 Å². The smallest absolute Gasteiger partial charge is 0.0953 e. The zero-order valence-corrected chi connectivity index (χ0v) is 11.3. The predicted octanol–water partition coefficient (Wildman–Crippen LogP) is 2.32. The summed E-state index contributed by atoms with van der Waals surface area (Å²) in [6.45, 7) is 2.17. The van der Waals surface area contributed by atoms with Crippen molar-refractivity contribution in [2.45, 2.75) is 18.9 Å². The minimum absolute atomic E-state index is 0.622. The van der Waals surface area contributed by atoms with Gasteiger partial charge in [-0.1, -0.05) is 0 Å². The van der Waals surface area contributed by atoms with Gasteiger partial charge in [0.1, 0.15) is 0 Å². The summed E-state index contributed by atoms with van der Waals surface area (Å²) in [6.07, 6.45) is 4.38. The van der Waals surface area contributed by atoms with Gasteiger partial charge < -0.3 is 16.0 Å². The molecule has 0 aliphatic carbocycles. The summed E-state index contributed by atoms with van der Waals surface area (Å²) in [5, 5.41) is 4.55. The van der Waals surface area contributed by atoms with E-state index < -0.39 is 0 Å². The zero-order valence-electron chi connectivity index (χ0n) is 11.3. The molecule has 2 heterocycles. The number of nitrogens with two attached hydrogens (primary N) is 1. The average Bonchev–Trinajstić information content (AvgIpc) is 2.84. The normalized spacial score (nSPS) is 19.9. The number of hydrogen-bond acceptors (Lipinski definition) is 4. The second-order valence-corrected chi connectivity index (χ2v) is 5.26. The van der Waals surface area contributed by atoms with Gasteiger partial charge in [-0.3, -0.25) is 4.98 Å². The molecule has 19 heavy (non-hydrogen) atoms. The fourth-order valence-corrected chi connectivity index (χ4v) is 2.80. The number of pyridine rings is 1. The number of benzene rings is 1.